The minimum atomic E-state index is -0.674. The number of anilines is 1. The molecule has 2 aromatic heterocycles. The summed E-state index contributed by atoms with van der Waals surface area (Å²) in [6.45, 7) is 2.25. The van der Waals surface area contributed by atoms with Gasteiger partial charge in [-0.2, -0.15) is 0 Å². The van der Waals surface area contributed by atoms with E-state index in [0.717, 1.165) is 20.6 Å². The molecule has 0 saturated carbocycles. The number of aromatic nitrogens is 4. The fourth-order valence-electron chi connectivity index (χ4n) is 5.26. The molecule has 2 aromatic carbocycles. The zero-order valence-electron chi connectivity index (χ0n) is 22.7. The number of nitrogens with zero attached hydrogens (tertiary/aromatic N) is 6. The molecule has 0 spiro atoms. The van der Waals surface area contributed by atoms with Crippen molar-refractivity contribution in [2.45, 2.75) is 32.4 Å². The van der Waals surface area contributed by atoms with Crippen molar-refractivity contribution in [1.82, 2.24) is 19.1 Å². The molecule has 14 heteroatoms. The first kappa shape index (κ1) is 27.6. The lowest BCUT2D eigenvalue weighted by Crippen LogP contribution is -2.46. The third kappa shape index (κ3) is 5.03. The molecule has 0 N–H and O–H groups in total. The highest BCUT2D eigenvalue weighted by atomic mass is 16.6. The molecule has 214 valence electrons. The monoisotopic (exact) mass is 564 g/mol. The lowest BCUT2D eigenvalue weighted by Gasteiger charge is -2.34. The maximum Gasteiger partial charge on any atom is 0.332 e. The van der Waals surface area contributed by atoms with Gasteiger partial charge in [0, 0.05) is 42.7 Å². The first-order valence-electron chi connectivity index (χ1n) is 13.0. The topological polar surface area (TPSA) is 161 Å². The number of benzene rings is 2. The number of hydrogen-bond acceptors (Lipinski definition) is 11. The van der Waals surface area contributed by atoms with Crippen LogP contribution in [0.5, 0.6) is 11.5 Å². The van der Waals surface area contributed by atoms with Gasteiger partial charge < -0.3 is 19.1 Å². The highest BCUT2D eigenvalue weighted by Crippen LogP contribution is 2.36. The van der Waals surface area contributed by atoms with E-state index in [-0.39, 0.29) is 23.2 Å². The number of ether oxygens (including phenoxy) is 3. The molecule has 3 heterocycles. The minimum absolute atomic E-state index is 0.0200. The first-order valence-corrected chi connectivity index (χ1v) is 13.0. The number of carbonyl (C=O) groups is 1. The molecule has 14 nitrogen and oxygen atoms in total. The van der Waals surface area contributed by atoms with Crippen LogP contribution >= 0.6 is 0 Å². The Kier molecular flexibility index (Phi) is 7.55. The molecular weight excluding hydrogens is 536 g/mol. The van der Waals surface area contributed by atoms with Crippen molar-refractivity contribution < 1.29 is 23.9 Å². The predicted octanol–water partition coefficient (Wildman–Crippen LogP) is 2.44. The second kappa shape index (κ2) is 11.2. The Morgan fingerprint density at radius 3 is 2.41 bits per heavy atom. The molecule has 41 heavy (non-hydrogen) atoms. The maximum atomic E-state index is 13.6. The van der Waals surface area contributed by atoms with Crippen LogP contribution in [0.2, 0.25) is 0 Å². The SMILES string of the molecule is CCOC(=O)Cn1c(=O)n(C2CCN(c3ncnc4cc(OC)c(OC)cc34)CC2)c(=O)c2cc([N+](=O)[O-])ccc21. The maximum absolute atomic E-state index is 13.6. The van der Waals surface area contributed by atoms with E-state index in [1.165, 1.54) is 18.5 Å². The second-order valence-electron chi connectivity index (χ2n) is 9.45. The summed E-state index contributed by atoms with van der Waals surface area (Å²) in [5.41, 5.74) is -0.808. The number of piperidine rings is 1. The van der Waals surface area contributed by atoms with Gasteiger partial charge in [-0.1, -0.05) is 0 Å². The number of carbonyl (C=O) groups excluding carboxylic acids is 1. The van der Waals surface area contributed by atoms with Crippen LogP contribution in [-0.2, 0) is 16.1 Å². The standard InChI is InChI=1S/C27H28N6O8/c1-4-41-24(34)14-31-21-6-5-17(33(37)38)11-19(21)26(35)32(27(31)36)16-7-9-30(10-8-16)25-18-12-22(39-2)23(40-3)13-20(18)28-15-29-25/h5-6,11-13,15-16H,4,7-10,14H2,1-3H3. The lowest BCUT2D eigenvalue weighted by atomic mass is 10.0. The largest absolute Gasteiger partial charge is 0.493 e. The summed E-state index contributed by atoms with van der Waals surface area (Å²) in [6.07, 6.45) is 2.28. The van der Waals surface area contributed by atoms with E-state index in [2.05, 4.69) is 9.97 Å². The number of nitro groups is 1. The zero-order chi connectivity index (χ0) is 29.3. The van der Waals surface area contributed by atoms with Gasteiger partial charge in [0.1, 0.15) is 18.7 Å². The molecule has 0 unspecified atom stereocenters. The molecule has 0 amide bonds. The molecule has 0 radical (unpaired) electrons. The Morgan fingerprint density at radius 2 is 1.76 bits per heavy atom. The van der Waals surface area contributed by atoms with E-state index in [4.69, 9.17) is 14.2 Å². The Labute approximate surface area is 232 Å². The van der Waals surface area contributed by atoms with Crippen LogP contribution < -0.4 is 25.6 Å². The van der Waals surface area contributed by atoms with Crippen molar-refractivity contribution in [2.75, 3.05) is 38.8 Å². The van der Waals surface area contributed by atoms with Gasteiger partial charge in [-0.3, -0.25) is 28.8 Å². The molecule has 0 bridgehead atoms. The average molecular weight is 565 g/mol. The number of hydrogen-bond donors (Lipinski definition) is 0. The van der Waals surface area contributed by atoms with Crippen molar-refractivity contribution in [1.29, 1.82) is 0 Å². The molecule has 1 aliphatic heterocycles. The van der Waals surface area contributed by atoms with Gasteiger partial charge in [-0.15, -0.1) is 0 Å². The van der Waals surface area contributed by atoms with Crippen molar-refractivity contribution >= 4 is 39.3 Å². The van der Waals surface area contributed by atoms with Crippen LogP contribution in [0.4, 0.5) is 11.5 Å². The van der Waals surface area contributed by atoms with Gasteiger partial charge in [0.15, 0.2) is 11.5 Å². The van der Waals surface area contributed by atoms with Crippen molar-refractivity contribution in [2.24, 2.45) is 0 Å². The van der Waals surface area contributed by atoms with Crippen molar-refractivity contribution in [3.8, 4) is 11.5 Å². The fourth-order valence-corrected chi connectivity index (χ4v) is 5.26. The number of methoxy groups -OCH3 is 2. The summed E-state index contributed by atoms with van der Waals surface area (Å²) >= 11 is 0. The number of esters is 1. The summed E-state index contributed by atoms with van der Waals surface area (Å²) < 4.78 is 18.1. The van der Waals surface area contributed by atoms with Crippen LogP contribution in [0, 0.1) is 10.1 Å². The highest BCUT2D eigenvalue weighted by molar-refractivity contribution is 5.92. The summed E-state index contributed by atoms with van der Waals surface area (Å²) in [7, 11) is 3.09. The van der Waals surface area contributed by atoms with E-state index in [1.807, 2.05) is 11.0 Å². The van der Waals surface area contributed by atoms with Crippen LogP contribution in [-0.4, -0.2) is 63.9 Å². The van der Waals surface area contributed by atoms with E-state index in [1.54, 1.807) is 27.2 Å². The highest BCUT2D eigenvalue weighted by Gasteiger charge is 2.28. The normalized spacial score (nSPS) is 13.9. The van der Waals surface area contributed by atoms with Gasteiger partial charge >= 0.3 is 11.7 Å². The third-order valence-corrected chi connectivity index (χ3v) is 7.21. The molecule has 0 atom stereocenters. The van der Waals surface area contributed by atoms with Gasteiger partial charge in [0.2, 0.25) is 0 Å². The van der Waals surface area contributed by atoms with Gasteiger partial charge in [0.05, 0.1) is 42.2 Å². The Balaban J connectivity index is 1.52. The smallest absolute Gasteiger partial charge is 0.332 e. The van der Waals surface area contributed by atoms with Gasteiger partial charge in [-0.25, -0.2) is 14.8 Å². The fraction of sp³-hybridized carbons (Fsp3) is 0.370. The third-order valence-electron chi connectivity index (χ3n) is 7.21. The van der Waals surface area contributed by atoms with E-state index in [0.29, 0.717) is 48.8 Å². The molecule has 4 aromatic rings. The van der Waals surface area contributed by atoms with Crippen molar-refractivity contribution in [3.63, 3.8) is 0 Å². The van der Waals surface area contributed by atoms with E-state index in [9.17, 15) is 24.5 Å². The molecule has 1 saturated heterocycles. The second-order valence-corrected chi connectivity index (χ2v) is 9.45. The van der Waals surface area contributed by atoms with Gasteiger partial charge in [0.25, 0.3) is 11.2 Å². The number of non-ortho nitro benzene ring substituents is 1. The Bertz CT molecular complexity index is 1770. The average Bonchev–Trinajstić information content (AvgIpc) is 2.98. The summed E-state index contributed by atoms with van der Waals surface area (Å²) in [4.78, 5) is 61.3. The quantitative estimate of drug-likeness (QED) is 0.176. The zero-order valence-corrected chi connectivity index (χ0v) is 22.7. The summed E-state index contributed by atoms with van der Waals surface area (Å²) in [5.74, 6) is 1.09. The Hall–Kier alpha value is -5.01. The number of nitro benzene ring substituents is 1. The first-order chi connectivity index (χ1) is 19.8. The minimum Gasteiger partial charge on any atom is -0.493 e. The van der Waals surface area contributed by atoms with E-state index >= 15 is 0 Å². The van der Waals surface area contributed by atoms with Crippen LogP contribution in [0.25, 0.3) is 21.8 Å². The predicted molar refractivity (Wildman–Crippen MR) is 149 cm³/mol. The molecule has 1 aliphatic rings. The number of rotatable bonds is 8. The summed E-state index contributed by atoms with van der Waals surface area (Å²) in [5, 5.41) is 12.2. The van der Waals surface area contributed by atoms with Crippen LogP contribution in [0.15, 0.2) is 46.2 Å². The number of fused-ring (bicyclic) bond motifs is 2. The molecule has 5 rings (SSSR count). The molecular formula is C27H28N6O8. The van der Waals surface area contributed by atoms with Crippen LogP contribution in [0.1, 0.15) is 25.8 Å². The van der Waals surface area contributed by atoms with Crippen LogP contribution in [0.3, 0.4) is 0 Å². The Morgan fingerprint density at radius 1 is 1.05 bits per heavy atom. The lowest BCUT2D eigenvalue weighted by molar-refractivity contribution is -0.384. The molecule has 1 fully saturated rings. The van der Waals surface area contributed by atoms with Gasteiger partial charge in [-0.05, 0) is 31.9 Å². The van der Waals surface area contributed by atoms with Crippen molar-refractivity contribution in [3.05, 3.63) is 67.6 Å². The van der Waals surface area contributed by atoms with E-state index < -0.39 is 34.7 Å². The molecule has 0 aliphatic carbocycles. The summed E-state index contributed by atoms with van der Waals surface area (Å²) in [6, 6.07) is 6.72.